The first-order chi connectivity index (χ1) is 9.11. The predicted octanol–water partition coefficient (Wildman–Crippen LogP) is 1.59. The summed E-state index contributed by atoms with van der Waals surface area (Å²) in [6.45, 7) is 0. The molecule has 0 atom stereocenters. The van der Waals surface area contributed by atoms with E-state index in [0.29, 0.717) is 0 Å². The topological polar surface area (TPSA) is 64.4 Å². The van der Waals surface area contributed by atoms with Gasteiger partial charge in [-0.2, -0.15) is 12.7 Å². The van der Waals surface area contributed by atoms with Crippen LogP contribution in [0.1, 0.15) is 0 Å². The van der Waals surface area contributed by atoms with Crippen molar-refractivity contribution in [3.8, 4) is 5.75 Å². The fourth-order valence-electron chi connectivity index (χ4n) is 1.53. The van der Waals surface area contributed by atoms with Crippen LogP contribution in [0.4, 0.5) is 13.2 Å². The van der Waals surface area contributed by atoms with E-state index in [9.17, 15) is 21.6 Å². The lowest BCUT2D eigenvalue weighted by atomic mass is 10.3. The Morgan fingerprint density at radius 2 is 1.95 bits per heavy atom. The van der Waals surface area contributed by atoms with E-state index in [1.807, 2.05) is 0 Å². The monoisotopic (exact) mass is 309 g/mol. The van der Waals surface area contributed by atoms with Crippen molar-refractivity contribution in [1.82, 2.24) is 13.3 Å². The van der Waals surface area contributed by atoms with Gasteiger partial charge in [-0.15, -0.1) is 13.2 Å². The van der Waals surface area contributed by atoms with Crippen LogP contribution in [0.5, 0.6) is 5.75 Å². The fraction of sp³-hybridized carbons (Fsp3) is 0.300. The van der Waals surface area contributed by atoms with Crippen molar-refractivity contribution in [2.24, 2.45) is 0 Å². The molecule has 110 valence electrons. The van der Waals surface area contributed by atoms with Gasteiger partial charge in [0.05, 0.1) is 11.0 Å². The summed E-state index contributed by atoms with van der Waals surface area (Å²) in [6, 6.07) is 3.24. The Labute approximate surface area is 112 Å². The van der Waals surface area contributed by atoms with Crippen molar-refractivity contribution >= 4 is 21.2 Å². The number of imidazole rings is 1. The maximum atomic E-state index is 12.1. The molecule has 0 N–H and O–H groups in total. The third kappa shape index (κ3) is 2.70. The molecule has 0 saturated carbocycles. The predicted molar refractivity (Wildman–Crippen MR) is 64.4 cm³/mol. The Morgan fingerprint density at radius 3 is 2.50 bits per heavy atom. The summed E-state index contributed by atoms with van der Waals surface area (Å²) in [7, 11) is -1.11. The van der Waals surface area contributed by atoms with E-state index < -0.39 is 22.3 Å². The Kier molecular flexibility index (Phi) is 3.38. The molecule has 20 heavy (non-hydrogen) atoms. The summed E-state index contributed by atoms with van der Waals surface area (Å²) in [4.78, 5) is 3.77. The molecule has 0 fully saturated rings. The van der Waals surface area contributed by atoms with E-state index in [4.69, 9.17) is 0 Å². The lowest BCUT2D eigenvalue weighted by Gasteiger charge is -2.12. The van der Waals surface area contributed by atoms with Crippen molar-refractivity contribution in [2.75, 3.05) is 14.1 Å². The maximum absolute atomic E-state index is 12.1. The minimum absolute atomic E-state index is 0.0807. The first-order valence-electron chi connectivity index (χ1n) is 5.27. The smallest absolute Gasteiger partial charge is 0.406 e. The van der Waals surface area contributed by atoms with Crippen molar-refractivity contribution in [2.45, 2.75) is 6.36 Å². The van der Waals surface area contributed by atoms with Gasteiger partial charge in [-0.05, 0) is 12.1 Å². The highest BCUT2D eigenvalue weighted by molar-refractivity contribution is 7.87. The highest BCUT2D eigenvalue weighted by atomic mass is 32.2. The summed E-state index contributed by atoms with van der Waals surface area (Å²) in [6.07, 6.45) is -3.79. The van der Waals surface area contributed by atoms with E-state index in [0.717, 1.165) is 26.7 Å². The molecule has 1 heterocycles. The molecule has 1 aromatic heterocycles. The van der Waals surface area contributed by atoms with Gasteiger partial charge in [0.1, 0.15) is 12.1 Å². The zero-order valence-electron chi connectivity index (χ0n) is 10.4. The maximum Gasteiger partial charge on any atom is 0.573 e. The number of hydrogen-bond donors (Lipinski definition) is 0. The minimum atomic E-state index is -4.81. The number of ether oxygens (including phenoxy) is 1. The van der Waals surface area contributed by atoms with E-state index in [1.165, 1.54) is 20.2 Å². The number of aromatic nitrogens is 2. The van der Waals surface area contributed by atoms with Crippen molar-refractivity contribution < 1.29 is 26.3 Å². The summed E-state index contributed by atoms with van der Waals surface area (Å²) in [5.41, 5.74) is 0.241. The fourth-order valence-corrected chi connectivity index (χ4v) is 2.45. The molecule has 0 aliphatic heterocycles. The third-order valence-corrected chi connectivity index (χ3v) is 4.14. The van der Waals surface area contributed by atoms with Gasteiger partial charge in [-0.1, -0.05) is 0 Å². The molecule has 1 aromatic carbocycles. The quantitative estimate of drug-likeness (QED) is 0.863. The van der Waals surface area contributed by atoms with Crippen LogP contribution in [0.2, 0.25) is 0 Å². The molecule has 0 aliphatic carbocycles. The van der Waals surface area contributed by atoms with E-state index >= 15 is 0 Å². The van der Waals surface area contributed by atoms with Gasteiger partial charge < -0.3 is 4.74 Å². The number of fused-ring (bicyclic) bond motifs is 1. The number of rotatable bonds is 3. The molecule has 0 spiro atoms. The first-order valence-corrected chi connectivity index (χ1v) is 6.67. The average molecular weight is 309 g/mol. The summed E-state index contributed by atoms with van der Waals surface area (Å²) in [5, 5.41) is 0. The second-order valence-electron chi connectivity index (χ2n) is 4.03. The number of nitrogens with zero attached hydrogens (tertiary/aromatic N) is 3. The molecule has 0 saturated heterocycles. The van der Waals surface area contributed by atoms with Crippen LogP contribution < -0.4 is 4.74 Å². The third-order valence-electron chi connectivity index (χ3n) is 2.43. The normalized spacial score (nSPS) is 13.1. The Morgan fingerprint density at radius 1 is 1.30 bits per heavy atom. The molecule has 0 unspecified atom stereocenters. The number of alkyl halides is 3. The van der Waals surface area contributed by atoms with Crippen LogP contribution in [0.25, 0.3) is 11.0 Å². The van der Waals surface area contributed by atoms with Crippen LogP contribution in [0, 0.1) is 0 Å². The minimum Gasteiger partial charge on any atom is -0.406 e. The molecule has 0 aliphatic rings. The van der Waals surface area contributed by atoms with Crippen LogP contribution in [0.3, 0.4) is 0 Å². The van der Waals surface area contributed by atoms with Gasteiger partial charge in [-0.3, -0.25) is 0 Å². The second kappa shape index (κ2) is 4.63. The molecule has 0 amide bonds. The number of hydrogen-bond acceptors (Lipinski definition) is 4. The average Bonchev–Trinajstić information content (AvgIpc) is 2.69. The van der Waals surface area contributed by atoms with E-state index in [-0.39, 0.29) is 11.0 Å². The Balaban J connectivity index is 2.50. The molecule has 0 bridgehead atoms. The molecular weight excluding hydrogens is 299 g/mol. The molecule has 2 rings (SSSR count). The first kappa shape index (κ1) is 14.6. The van der Waals surface area contributed by atoms with Gasteiger partial charge in [-0.25, -0.2) is 8.96 Å². The summed E-state index contributed by atoms with van der Waals surface area (Å²) >= 11 is 0. The van der Waals surface area contributed by atoms with Gasteiger partial charge in [0.15, 0.2) is 0 Å². The van der Waals surface area contributed by atoms with Gasteiger partial charge in [0.25, 0.3) is 0 Å². The van der Waals surface area contributed by atoms with Gasteiger partial charge in [0, 0.05) is 20.2 Å². The molecule has 2 aromatic rings. The molecular formula is C10H10F3N3O3S. The number of halogens is 3. The van der Waals surface area contributed by atoms with Crippen LogP contribution in [-0.2, 0) is 10.2 Å². The van der Waals surface area contributed by atoms with Crippen molar-refractivity contribution in [1.29, 1.82) is 0 Å². The Hall–Kier alpha value is -1.81. The molecule has 6 nitrogen and oxygen atoms in total. The van der Waals surface area contributed by atoms with Gasteiger partial charge in [0.2, 0.25) is 0 Å². The zero-order chi connectivity index (χ0) is 15.1. The zero-order valence-corrected chi connectivity index (χ0v) is 11.2. The van der Waals surface area contributed by atoms with Gasteiger partial charge >= 0.3 is 16.6 Å². The van der Waals surface area contributed by atoms with Crippen LogP contribution in [0.15, 0.2) is 24.5 Å². The largest absolute Gasteiger partial charge is 0.573 e. The van der Waals surface area contributed by atoms with Crippen LogP contribution >= 0.6 is 0 Å². The second-order valence-corrected chi connectivity index (χ2v) is 6.05. The highest BCUT2D eigenvalue weighted by Gasteiger charge is 2.31. The summed E-state index contributed by atoms with van der Waals surface area (Å²) < 4.78 is 65.8. The standard InChI is InChI=1S/C10H10F3N3O3S/c1-15(2)20(17,18)16-6-14-8-5-7(3-4-9(8)16)19-10(11,12)13/h3-6H,1-2H3. The van der Waals surface area contributed by atoms with E-state index in [2.05, 4.69) is 9.72 Å². The molecule has 10 heteroatoms. The molecule has 0 radical (unpaired) electrons. The number of benzene rings is 1. The summed E-state index contributed by atoms with van der Waals surface area (Å²) in [5.74, 6) is -0.461. The Bertz CT molecular complexity index is 737. The lowest BCUT2D eigenvalue weighted by molar-refractivity contribution is -0.274. The van der Waals surface area contributed by atoms with Crippen molar-refractivity contribution in [3.63, 3.8) is 0 Å². The van der Waals surface area contributed by atoms with Crippen LogP contribution in [-0.4, -0.2) is 42.1 Å². The lowest BCUT2D eigenvalue weighted by Crippen LogP contribution is -2.28. The van der Waals surface area contributed by atoms with E-state index in [1.54, 1.807) is 0 Å². The SMILES string of the molecule is CN(C)S(=O)(=O)n1cnc2cc(OC(F)(F)F)ccc21. The highest BCUT2D eigenvalue weighted by Crippen LogP contribution is 2.26. The van der Waals surface area contributed by atoms with Crippen molar-refractivity contribution in [3.05, 3.63) is 24.5 Å².